The number of benzene rings is 2. The summed E-state index contributed by atoms with van der Waals surface area (Å²) in [5.41, 5.74) is 5.40. The van der Waals surface area contributed by atoms with E-state index in [0.29, 0.717) is 5.92 Å². The second kappa shape index (κ2) is 16.6. The number of carbonyl (C=O) groups is 1. The van der Waals surface area contributed by atoms with Crippen molar-refractivity contribution < 1.29 is 13.9 Å². The van der Waals surface area contributed by atoms with E-state index in [9.17, 15) is 9.18 Å². The first-order valence-electron chi connectivity index (χ1n) is 15.1. The van der Waals surface area contributed by atoms with E-state index in [1.54, 1.807) is 0 Å². The highest BCUT2D eigenvalue weighted by molar-refractivity contribution is 5.74. The molecule has 0 spiro atoms. The molecular weight excluding hydrogens is 459 g/mol. The molecule has 0 radical (unpaired) electrons. The van der Waals surface area contributed by atoms with Crippen LogP contribution in [-0.4, -0.2) is 18.2 Å². The van der Waals surface area contributed by atoms with Crippen molar-refractivity contribution in [2.45, 2.75) is 129 Å². The Morgan fingerprint density at radius 1 is 0.757 bits per heavy atom. The molecule has 0 bridgehead atoms. The highest BCUT2D eigenvalue weighted by Gasteiger charge is 2.27. The molecule has 0 aliphatic heterocycles. The van der Waals surface area contributed by atoms with Crippen molar-refractivity contribution in [2.75, 3.05) is 0 Å². The lowest BCUT2D eigenvalue weighted by Gasteiger charge is -2.28. The second-order valence-corrected chi connectivity index (χ2v) is 11.1. The van der Waals surface area contributed by atoms with E-state index in [1.807, 2.05) is 6.92 Å². The lowest BCUT2D eigenvalue weighted by Crippen LogP contribution is -2.29. The number of hydrogen-bond donors (Lipinski definition) is 0. The molecule has 0 amide bonds. The Morgan fingerprint density at radius 3 is 1.89 bits per heavy atom. The van der Waals surface area contributed by atoms with Crippen LogP contribution in [0.15, 0.2) is 48.5 Å². The standard InChI is InChI=1S/C34H49FO2/c1-3-5-7-8-9-10-11-27-15-21-30(22-16-27)31-23-17-28(18-24-31)13-14-29-19-25-32(26-20-29)37-34(36)33(35)12-6-4-2/h15-18,21-24,29,32-33H,3-14,19-20,25-26H2,1-2H3/t29-,32-,33-/m0/s1. The summed E-state index contributed by atoms with van der Waals surface area (Å²) in [4.78, 5) is 11.9. The molecule has 37 heavy (non-hydrogen) atoms. The summed E-state index contributed by atoms with van der Waals surface area (Å²) in [6.07, 6.45) is 15.7. The van der Waals surface area contributed by atoms with E-state index < -0.39 is 12.1 Å². The van der Waals surface area contributed by atoms with Gasteiger partial charge in [-0.15, -0.1) is 0 Å². The maximum absolute atomic E-state index is 13.9. The average Bonchev–Trinajstić information content (AvgIpc) is 2.94. The van der Waals surface area contributed by atoms with Gasteiger partial charge in [-0.05, 0) is 86.0 Å². The van der Waals surface area contributed by atoms with E-state index >= 15 is 0 Å². The molecular formula is C34H49FO2. The number of aryl methyl sites for hydroxylation is 2. The highest BCUT2D eigenvalue weighted by atomic mass is 19.1. The van der Waals surface area contributed by atoms with Crippen molar-refractivity contribution in [2.24, 2.45) is 5.92 Å². The number of unbranched alkanes of at least 4 members (excludes halogenated alkanes) is 6. The maximum Gasteiger partial charge on any atom is 0.340 e. The van der Waals surface area contributed by atoms with Crippen LogP contribution in [0.4, 0.5) is 4.39 Å². The molecule has 1 aliphatic carbocycles. The smallest absolute Gasteiger partial charge is 0.340 e. The van der Waals surface area contributed by atoms with Gasteiger partial charge in [0, 0.05) is 0 Å². The molecule has 1 saturated carbocycles. The highest BCUT2D eigenvalue weighted by Crippen LogP contribution is 2.30. The molecule has 1 aliphatic rings. The van der Waals surface area contributed by atoms with Gasteiger partial charge >= 0.3 is 5.97 Å². The third-order valence-electron chi connectivity index (χ3n) is 8.04. The van der Waals surface area contributed by atoms with Crippen LogP contribution < -0.4 is 0 Å². The fourth-order valence-corrected chi connectivity index (χ4v) is 5.49. The molecule has 1 atom stereocenters. The van der Waals surface area contributed by atoms with Gasteiger partial charge in [-0.2, -0.15) is 0 Å². The summed E-state index contributed by atoms with van der Waals surface area (Å²) in [5.74, 6) is 0.0134. The lowest BCUT2D eigenvalue weighted by molar-refractivity contribution is -0.157. The van der Waals surface area contributed by atoms with Gasteiger partial charge < -0.3 is 4.74 Å². The normalized spacial score (nSPS) is 18.5. The van der Waals surface area contributed by atoms with Gasteiger partial charge in [0.1, 0.15) is 6.10 Å². The van der Waals surface area contributed by atoms with Crippen LogP contribution in [0, 0.1) is 5.92 Å². The predicted octanol–water partition coefficient (Wildman–Crippen LogP) is 9.82. The van der Waals surface area contributed by atoms with Crippen molar-refractivity contribution in [3.63, 3.8) is 0 Å². The molecule has 1 fully saturated rings. The predicted molar refractivity (Wildman–Crippen MR) is 154 cm³/mol. The third kappa shape index (κ3) is 10.6. The molecule has 0 saturated heterocycles. The Kier molecular flexibility index (Phi) is 13.2. The first-order valence-corrected chi connectivity index (χ1v) is 15.1. The van der Waals surface area contributed by atoms with Crippen LogP contribution in [0.5, 0.6) is 0 Å². The van der Waals surface area contributed by atoms with E-state index in [1.165, 1.54) is 67.2 Å². The van der Waals surface area contributed by atoms with Crippen LogP contribution in [0.3, 0.4) is 0 Å². The third-order valence-corrected chi connectivity index (χ3v) is 8.04. The Balaban J connectivity index is 1.35. The Labute approximate surface area is 225 Å². The molecule has 3 heteroatoms. The SMILES string of the molecule is CCCCCCCCc1ccc(-c2ccc(CC[C@H]3CC[C@H](OC(=O)[C@@H](F)CCCC)CC3)cc2)cc1. The summed E-state index contributed by atoms with van der Waals surface area (Å²) in [5, 5.41) is 0. The summed E-state index contributed by atoms with van der Waals surface area (Å²) >= 11 is 0. The minimum absolute atomic E-state index is 0.0971. The number of hydrogen-bond acceptors (Lipinski definition) is 2. The maximum atomic E-state index is 13.9. The van der Waals surface area contributed by atoms with Crippen LogP contribution >= 0.6 is 0 Å². The molecule has 0 heterocycles. The molecule has 2 aromatic carbocycles. The van der Waals surface area contributed by atoms with Crippen LogP contribution in [0.2, 0.25) is 0 Å². The van der Waals surface area contributed by atoms with Crippen molar-refractivity contribution in [3.8, 4) is 11.1 Å². The van der Waals surface area contributed by atoms with Crippen LogP contribution in [0.1, 0.15) is 115 Å². The Hall–Kier alpha value is -2.16. The quantitative estimate of drug-likeness (QED) is 0.167. The second-order valence-electron chi connectivity index (χ2n) is 11.1. The van der Waals surface area contributed by atoms with Gasteiger partial charge in [0.05, 0.1) is 0 Å². The van der Waals surface area contributed by atoms with Gasteiger partial charge in [0.15, 0.2) is 6.17 Å². The first-order chi connectivity index (χ1) is 18.1. The number of halogens is 1. The molecule has 2 aromatic rings. The summed E-state index contributed by atoms with van der Waals surface area (Å²) in [6.45, 7) is 4.27. The summed E-state index contributed by atoms with van der Waals surface area (Å²) in [6, 6.07) is 18.2. The van der Waals surface area contributed by atoms with Crippen molar-refractivity contribution in [1.82, 2.24) is 0 Å². The number of carbonyl (C=O) groups excluding carboxylic acids is 1. The molecule has 0 unspecified atom stereocenters. The molecule has 0 aromatic heterocycles. The number of rotatable bonds is 16. The number of alkyl halides is 1. The molecule has 3 rings (SSSR count). The summed E-state index contributed by atoms with van der Waals surface area (Å²) in [7, 11) is 0. The van der Waals surface area contributed by atoms with Gasteiger partial charge in [0.2, 0.25) is 0 Å². The van der Waals surface area contributed by atoms with Crippen LogP contribution in [-0.2, 0) is 22.4 Å². The lowest BCUT2D eigenvalue weighted by atomic mass is 9.83. The zero-order chi connectivity index (χ0) is 26.3. The average molecular weight is 509 g/mol. The number of esters is 1. The molecule has 2 nitrogen and oxygen atoms in total. The topological polar surface area (TPSA) is 26.3 Å². The summed E-state index contributed by atoms with van der Waals surface area (Å²) < 4.78 is 19.3. The fraction of sp³-hybridized carbons (Fsp3) is 0.618. The fourth-order valence-electron chi connectivity index (χ4n) is 5.49. The Morgan fingerprint density at radius 2 is 1.30 bits per heavy atom. The first kappa shape index (κ1) is 29.4. The minimum Gasteiger partial charge on any atom is -0.460 e. The molecule has 204 valence electrons. The van der Waals surface area contributed by atoms with Gasteiger partial charge in [0.25, 0.3) is 0 Å². The van der Waals surface area contributed by atoms with Crippen LogP contribution in [0.25, 0.3) is 11.1 Å². The minimum atomic E-state index is -1.45. The van der Waals surface area contributed by atoms with E-state index in [2.05, 4.69) is 55.5 Å². The Bertz CT molecular complexity index is 881. The van der Waals surface area contributed by atoms with E-state index in [-0.39, 0.29) is 12.5 Å². The van der Waals surface area contributed by atoms with E-state index in [4.69, 9.17) is 4.74 Å². The van der Waals surface area contributed by atoms with Crippen molar-refractivity contribution in [1.29, 1.82) is 0 Å². The largest absolute Gasteiger partial charge is 0.460 e. The van der Waals surface area contributed by atoms with Crippen molar-refractivity contribution in [3.05, 3.63) is 59.7 Å². The monoisotopic (exact) mass is 508 g/mol. The zero-order valence-corrected chi connectivity index (χ0v) is 23.4. The number of ether oxygens (including phenoxy) is 1. The van der Waals surface area contributed by atoms with Gasteiger partial charge in [-0.1, -0.05) is 107 Å². The molecule has 0 N–H and O–H groups in total. The van der Waals surface area contributed by atoms with Crippen molar-refractivity contribution >= 4 is 5.97 Å². The van der Waals surface area contributed by atoms with Gasteiger partial charge in [-0.3, -0.25) is 0 Å². The van der Waals surface area contributed by atoms with E-state index in [0.717, 1.165) is 51.4 Å². The zero-order valence-electron chi connectivity index (χ0n) is 23.4. The van der Waals surface area contributed by atoms with Gasteiger partial charge in [-0.25, -0.2) is 9.18 Å².